The van der Waals surface area contributed by atoms with Gasteiger partial charge in [0.1, 0.15) is 0 Å². The van der Waals surface area contributed by atoms with Crippen LogP contribution >= 0.6 is 11.3 Å². The first-order valence-electron chi connectivity index (χ1n) is 12.2. The van der Waals surface area contributed by atoms with Crippen molar-refractivity contribution in [3.05, 3.63) is 59.4 Å². The van der Waals surface area contributed by atoms with Crippen LogP contribution in [0, 0.1) is 0 Å². The molecule has 4 rings (SSSR count). The number of thiazole rings is 1. The lowest BCUT2D eigenvalue weighted by Crippen LogP contribution is -2.51. The van der Waals surface area contributed by atoms with Crippen molar-refractivity contribution in [3.8, 4) is 5.69 Å². The minimum atomic E-state index is -1.95. The van der Waals surface area contributed by atoms with Crippen LogP contribution in [0.4, 0.5) is 9.93 Å². The molecule has 1 saturated heterocycles. The second-order valence-electron chi connectivity index (χ2n) is 8.77. The van der Waals surface area contributed by atoms with Crippen LogP contribution in [0.3, 0.4) is 0 Å². The van der Waals surface area contributed by atoms with E-state index >= 15 is 0 Å². The summed E-state index contributed by atoms with van der Waals surface area (Å²) in [5.41, 5.74) is 2.17. The maximum Gasteiger partial charge on any atom is 0.413 e. The van der Waals surface area contributed by atoms with Gasteiger partial charge in [0.05, 0.1) is 30.1 Å². The first kappa shape index (κ1) is 27.2. The number of aromatic nitrogens is 3. The van der Waals surface area contributed by atoms with Crippen molar-refractivity contribution in [2.75, 3.05) is 18.5 Å². The van der Waals surface area contributed by atoms with Gasteiger partial charge in [-0.25, -0.2) is 14.5 Å². The summed E-state index contributed by atoms with van der Waals surface area (Å²) in [5, 5.41) is 32.5. The van der Waals surface area contributed by atoms with Gasteiger partial charge in [0, 0.05) is 24.3 Å². The lowest BCUT2D eigenvalue weighted by molar-refractivity contribution is -0.154. The number of carbonyl (C=O) groups excluding carboxylic acids is 3. The Kier molecular flexibility index (Phi) is 8.71. The van der Waals surface area contributed by atoms with E-state index in [9.17, 15) is 24.6 Å². The average Bonchev–Trinajstić information content (AvgIpc) is 3.69. The molecule has 3 aromatic rings. The molecule has 1 aromatic carbocycles. The third kappa shape index (κ3) is 6.18. The van der Waals surface area contributed by atoms with Gasteiger partial charge in [-0.1, -0.05) is 12.1 Å². The van der Waals surface area contributed by atoms with Crippen LogP contribution < -0.4 is 10.6 Å². The molecule has 0 aliphatic carbocycles. The zero-order chi connectivity index (χ0) is 27.2. The van der Waals surface area contributed by atoms with E-state index < -0.39 is 42.2 Å². The SMILES string of the molecule is CCOC(=O)Nc1nc([C@H]2CCCN2C(=O)[C@H](O)[C@@H](O)C(=O)N[C@H](C)c2ccc(-n3cccn3)cc2)cs1. The van der Waals surface area contributed by atoms with E-state index in [0.29, 0.717) is 30.2 Å². The number of amides is 3. The van der Waals surface area contributed by atoms with Gasteiger partial charge in [0.15, 0.2) is 17.3 Å². The van der Waals surface area contributed by atoms with Crippen LogP contribution in [0.2, 0.25) is 0 Å². The molecule has 202 valence electrons. The summed E-state index contributed by atoms with van der Waals surface area (Å²) in [6.07, 6.45) is 0.219. The van der Waals surface area contributed by atoms with Crippen molar-refractivity contribution in [1.29, 1.82) is 0 Å². The summed E-state index contributed by atoms with van der Waals surface area (Å²) >= 11 is 1.19. The normalized spacial score (nSPS) is 17.5. The number of benzene rings is 1. The van der Waals surface area contributed by atoms with Crippen molar-refractivity contribution >= 4 is 34.4 Å². The molecule has 13 heteroatoms. The van der Waals surface area contributed by atoms with Gasteiger partial charge < -0.3 is 25.2 Å². The molecule has 2 aromatic heterocycles. The third-order valence-electron chi connectivity index (χ3n) is 6.23. The Bertz CT molecular complexity index is 1250. The summed E-state index contributed by atoms with van der Waals surface area (Å²) in [6, 6.07) is 8.22. The molecule has 0 saturated carbocycles. The van der Waals surface area contributed by atoms with Crippen molar-refractivity contribution < 1.29 is 29.3 Å². The lowest BCUT2D eigenvalue weighted by atomic mass is 10.1. The maximum atomic E-state index is 13.1. The van der Waals surface area contributed by atoms with Gasteiger partial charge in [0.2, 0.25) is 0 Å². The Morgan fingerprint density at radius 2 is 1.97 bits per heavy atom. The number of aliphatic hydroxyl groups excluding tert-OH is 2. The molecule has 12 nitrogen and oxygen atoms in total. The molecule has 0 radical (unpaired) electrons. The Morgan fingerprint density at radius 1 is 1.21 bits per heavy atom. The Labute approximate surface area is 223 Å². The predicted octanol–water partition coefficient (Wildman–Crippen LogP) is 2.16. The maximum absolute atomic E-state index is 13.1. The second-order valence-corrected chi connectivity index (χ2v) is 9.63. The molecule has 3 heterocycles. The van der Waals surface area contributed by atoms with Crippen molar-refractivity contribution in [3.63, 3.8) is 0 Å². The monoisotopic (exact) mass is 542 g/mol. The number of aliphatic hydroxyl groups is 2. The average molecular weight is 543 g/mol. The standard InChI is InChI=1S/C25H30N6O6S/c1-3-37-25(36)29-24-28-18(14-38-24)19-6-4-12-30(19)23(35)21(33)20(32)22(34)27-15(2)16-7-9-17(10-8-16)31-13-5-11-26-31/h5,7-11,13-15,19-21,32-33H,3-4,6,12H2,1-2H3,(H,27,34)(H,28,29,36)/t15-,19-,20-,21-/m1/s1. The minimum Gasteiger partial charge on any atom is -0.450 e. The molecule has 0 bridgehead atoms. The minimum absolute atomic E-state index is 0.222. The molecule has 4 atom stereocenters. The number of nitrogens with zero attached hydrogens (tertiary/aromatic N) is 4. The molecule has 0 unspecified atom stereocenters. The quantitative estimate of drug-likeness (QED) is 0.320. The van der Waals surface area contributed by atoms with Crippen molar-refractivity contribution in [2.45, 2.75) is 51.0 Å². The van der Waals surface area contributed by atoms with Gasteiger partial charge in [0.25, 0.3) is 11.8 Å². The van der Waals surface area contributed by atoms with E-state index in [-0.39, 0.29) is 6.61 Å². The van der Waals surface area contributed by atoms with Gasteiger partial charge in [-0.15, -0.1) is 11.3 Å². The molecule has 1 fully saturated rings. The van der Waals surface area contributed by atoms with Crippen LogP contribution in [0.15, 0.2) is 48.1 Å². The summed E-state index contributed by atoms with van der Waals surface area (Å²) in [5.74, 6) is -1.63. The van der Waals surface area contributed by atoms with E-state index in [2.05, 4.69) is 20.7 Å². The number of ether oxygens (including phenoxy) is 1. The number of hydrogen-bond donors (Lipinski definition) is 4. The molecule has 0 spiro atoms. The smallest absolute Gasteiger partial charge is 0.413 e. The van der Waals surface area contributed by atoms with Crippen LogP contribution in [0.5, 0.6) is 0 Å². The van der Waals surface area contributed by atoms with Gasteiger partial charge >= 0.3 is 6.09 Å². The van der Waals surface area contributed by atoms with Crippen molar-refractivity contribution in [2.24, 2.45) is 0 Å². The summed E-state index contributed by atoms with van der Waals surface area (Å²) in [4.78, 5) is 43.2. The van der Waals surface area contributed by atoms with Crippen LogP contribution in [-0.2, 0) is 14.3 Å². The molecule has 1 aliphatic heterocycles. The molecule has 3 amide bonds. The molecule has 38 heavy (non-hydrogen) atoms. The second kappa shape index (κ2) is 12.2. The van der Waals surface area contributed by atoms with Gasteiger partial charge in [-0.05, 0) is 50.5 Å². The third-order valence-corrected chi connectivity index (χ3v) is 7.00. The van der Waals surface area contributed by atoms with Crippen molar-refractivity contribution in [1.82, 2.24) is 25.0 Å². The lowest BCUT2D eigenvalue weighted by Gasteiger charge is -2.28. The topological polar surface area (TPSA) is 159 Å². The fourth-order valence-corrected chi connectivity index (χ4v) is 5.00. The first-order chi connectivity index (χ1) is 18.3. The van der Waals surface area contributed by atoms with Gasteiger partial charge in [-0.3, -0.25) is 14.9 Å². The van der Waals surface area contributed by atoms with E-state index in [0.717, 1.165) is 11.3 Å². The van der Waals surface area contributed by atoms with Crippen LogP contribution in [0.1, 0.15) is 50.0 Å². The van der Waals surface area contributed by atoms with Gasteiger partial charge in [-0.2, -0.15) is 5.10 Å². The summed E-state index contributed by atoms with van der Waals surface area (Å²) < 4.78 is 6.55. The Balaban J connectivity index is 1.35. The molecule has 1 aliphatic rings. The van der Waals surface area contributed by atoms with E-state index in [1.807, 2.05) is 36.5 Å². The Morgan fingerprint density at radius 3 is 2.66 bits per heavy atom. The Hall–Kier alpha value is -3.81. The zero-order valence-electron chi connectivity index (χ0n) is 21.0. The zero-order valence-corrected chi connectivity index (χ0v) is 21.8. The molecular weight excluding hydrogens is 512 g/mol. The summed E-state index contributed by atoms with van der Waals surface area (Å²) in [7, 11) is 0. The van der Waals surface area contributed by atoms with E-state index in [1.54, 1.807) is 30.1 Å². The number of likely N-dealkylation sites (tertiary alicyclic amines) is 1. The predicted molar refractivity (Wildman–Crippen MR) is 139 cm³/mol. The fraction of sp³-hybridized carbons (Fsp3) is 0.400. The highest BCUT2D eigenvalue weighted by Crippen LogP contribution is 2.34. The number of hydrogen-bond acceptors (Lipinski definition) is 9. The highest BCUT2D eigenvalue weighted by molar-refractivity contribution is 7.13. The largest absolute Gasteiger partial charge is 0.450 e. The highest BCUT2D eigenvalue weighted by atomic mass is 32.1. The molecular formula is C25H30N6O6S. The van der Waals surface area contributed by atoms with Crippen LogP contribution in [-0.4, -0.2) is 73.1 Å². The van der Waals surface area contributed by atoms with E-state index in [1.165, 1.54) is 16.2 Å². The van der Waals surface area contributed by atoms with E-state index in [4.69, 9.17) is 4.74 Å². The highest BCUT2D eigenvalue weighted by Gasteiger charge is 2.39. The number of rotatable bonds is 9. The summed E-state index contributed by atoms with van der Waals surface area (Å²) in [6.45, 7) is 3.99. The first-order valence-corrected chi connectivity index (χ1v) is 13.1. The molecule has 4 N–H and O–H groups in total. The number of carbonyl (C=O) groups is 3. The fourth-order valence-electron chi connectivity index (χ4n) is 4.26. The number of nitrogens with one attached hydrogen (secondary N) is 2. The van der Waals surface area contributed by atoms with Crippen LogP contribution in [0.25, 0.3) is 5.69 Å². The number of anilines is 1.